The summed E-state index contributed by atoms with van der Waals surface area (Å²) in [5, 5.41) is 5.14. The zero-order valence-electron chi connectivity index (χ0n) is 15.7. The Hall–Kier alpha value is -1.36. The Labute approximate surface area is 155 Å². The zero-order valence-corrected chi connectivity index (χ0v) is 16.5. The normalized spacial score (nSPS) is 20.9. The largest absolute Gasteiger partial charge is 0.460 e. The molecule has 0 spiro atoms. The molecule has 4 nitrogen and oxygen atoms in total. The van der Waals surface area contributed by atoms with E-state index >= 15 is 0 Å². The van der Waals surface area contributed by atoms with E-state index < -0.39 is 5.60 Å². The predicted octanol–water partition coefficient (Wildman–Crippen LogP) is 4.34. The molecular formula is C20H31NO3S. The molecule has 0 atom stereocenters. The third-order valence-corrected chi connectivity index (χ3v) is 5.58. The van der Waals surface area contributed by atoms with Gasteiger partial charge in [0.15, 0.2) is 0 Å². The average Bonchev–Trinajstić information content (AvgIpc) is 3.05. The number of nitrogens with one attached hydrogen (secondary N) is 1. The second-order valence-corrected chi connectivity index (χ2v) is 9.00. The average molecular weight is 366 g/mol. The fraction of sp³-hybridized carbons (Fsp3) is 0.700. The lowest BCUT2D eigenvalue weighted by Crippen LogP contribution is -2.34. The second-order valence-electron chi connectivity index (χ2n) is 7.96. The van der Waals surface area contributed by atoms with Gasteiger partial charge in [0.05, 0.1) is 0 Å². The minimum Gasteiger partial charge on any atom is -0.460 e. The summed E-state index contributed by atoms with van der Waals surface area (Å²) in [7, 11) is 0. The lowest BCUT2D eigenvalue weighted by atomic mass is 9.79. The zero-order chi connectivity index (χ0) is 18.3. The maximum Gasteiger partial charge on any atom is 0.306 e. The molecule has 0 aromatic carbocycles. The van der Waals surface area contributed by atoms with Crippen molar-refractivity contribution >= 4 is 23.2 Å². The number of hydrogen-bond acceptors (Lipinski definition) is 4. The number of amides is 1. The highest BCUT2D eigenvalue weighted by atomic mass is 32.1. The lowest BCUT2D eigenvalue weighted by Gasteiger charge is -2.28. The van der Waals surface area contributed by atoms with Gasteiger partial charge in [0, 0.05) is 23.8 Å². The maximum atomic E-state index is 12.3. The summed E-state index contributed by atoms with van der Waals surface area (Å²) < 4.78 is 5.36. The van der Waals surface area contributed by atoms with E-state index in [1.165, 1.54) is 4.88 Å². The van der Waals surface area contributed by atoms with Crippen LogP contribution in [0.3, 0.4) is 0 Å². The first-order chi connectivity index (χ1) is 11.8. The summed E-state index contributed by atoms with van der Waals surface area (Å²) in [6, 6.07) is 4.15. The van der Waals surface area contributed by atoms with Crippen molar-refractivity contribution in [3.05, 3.63) is 22.4 Å². The minimum absolute atomic E-state index is 0.110. The van der Waals surface area contributed by atoms with E-state index in [-0.39, 0.29) is 17.8 Å². The maximum absolute atomic E-state index is 12.3. The Morgan fingerprint density at radius 3 is 2.56 bits per heavy atom. The molecule has 1 heterocycles. The van der Waals surface area contributed by atoms with Gasteiger partial charge in [0.2, 0.25) is 5.91 Å². The summed E-state index contributed by atoms with van der Waals surface area (Å²) in [6.07, 6.45) is 6.21. The standard InChI is InChI=1S/C20H31NO3S/c1-20(2,3)24-18(22)11-8-15-6-9-16(10-7-15)19(23)21-13-12-17-5-4-14-25-17/h4-5,14-16H,6-13H2,1-3H3,(H,21,23). The van der Waals surface area contributed by atoms with Crippen molar-refractivity contribution in [3.8, 4) is 0 Å². The molecule has 140 valence electrons. The molecule has 2 rings (SSSR count). The smallest absolute Gasteiger partial charge is 0.306 e. The van der Waals surface area contributed by atoms with Gasteiger partial charge >= 0.3 is 5.97 Å². The van der Waals surface area contributed by atoms with E-state index in [0.29, 0.717) is 12.3 Å². The minimum atomic E-state index is -0.407. The van der Waals surface area contributed by atoms with Crippen molar-refractivity contribution in [1.82, 2.24) is 5.32 Å². The lowest BCUT2D eigenvalue weighted by molar-refractivity contribution is -0.155. The van der Waals surface area contributed by atoms with Gasteiger partial charge in [-0.3, -0.25) is 9.59 Å². The molecule has 1 fully saturated rings. The van der Waals surface area contributed by atoms with Crippen molar-refractivity contribution in [2.45, 2.75) is 71.3 Å². The molecule has 1 aromatic heterocycles. The van der Waals surface area contributed by atoms with E-state index in [1.807, 2.05) is 26.8 Å². The quantitative estimate of drug-likeness (QED) is 0.732. The van der Waals surface area contributed by atoms with Crippen LogP contribution in [0.2, 0.25) is 0 Å². The van der Waals surface area contributed by atoms with Gasteiger partial charge in [0.1, 0.15) is 5.60 Å². The van der Waals surface area contributed by atoms with Gasteiger partial charge in [0.25, 0.3) is 0 Å². The highest BCUT2D eigenvalue weighted by Crippen LogP contribution is 2.32. The molecule has 0 aliphatic heterocycles. The van der Waals surface area contributed by atoms with Crippen molar-refractivity contribution in [3.63, 3.8) is 0 Å². The van der Waals surface area contributed by atoms with Gasteiger partial charge in [-0.15, -0.1) is 11.3 Å². The molecule has 0 bridgehead atoms. The van der Waals surface area contributed by atoms with Crippen LogP contribution in [0.25, 0.3) is 0 Å². The molecule has 1 saturated carbocycles. The van der Waals surface area contributed by atoms with Gasteiger partial charge < -0.3 is 10.1 Å². The molecule has 1 aliphatic carbocycles. The van der Waals surface area contributed by atoms with Gasteiger partial charge in [-0.25, -0.2) is 0 Å². The van der Waals surface area contributed by atoms with Crippen molar-refractivity contribution in [1.29, 1.82) is 0 Å². The molecule has 0 saturated heterocycles. The van der Waals surface area contributed by atoms with Gasteiger partial charge in [-0.2, -0.15) is 0 Å². The van der Waals surface area contributed by atoms with Crippen LogP contribution in [0.15, 0.2) is 17.5 Å². The fourth-order valence-corrected chi connectivity index (χ4v) is 4.04. The monoisotopic (exact) mass is 365 g/mol. The van der Waals surface area contributed by atoms with Crippen LogP contribution in [-0.2, 0) is 20.7 Å². The van der Waals surface area contributed by atoms with Crippen LogP contribution in [0.4, 0.5) is 0 Å². The number of carbonyl (C=O) groups is 2. The van der Waals surface area contributed by atoms with Crippen molar-refractivity contribution in [2.24, 2.45) is 11.8 Å². The third-order valence-electron chi connectivity index (χ3n) is 4.65. The van der Waals surface area contributed by atoms with Crippen LogP contribution in [0.1, 0.15) is 64.2 Å². The van der Waals surface area contributed by atoms with E-state index in [1.54, 1.807) is 11.3 Å². The molecule has 0 radical (unpaired) electrons. The van der Waals surface area contributed by atoms with Crippen molar-refractivity contribution < 1.29 is 14.3 Å². The van der Waals surface area contributed by atoms with Crippen LogP contribution in [-0.4, -0.2) is 24.0 Å². The van der Waals surface area contributed by atoms with E-state index in [9.17, 15) is 9.59 Å². The number of esters is 1. The number of rotatable bonds is 7. The Bertz CT molecular complexity index is 540. The van der Waals surface area contributed by atoms with Crippen LogP contribution < -0.4 is 5.32 Å². The highest BCUT2D eigenvalue weighted by molar-refractivity contribution is 7.09. The second kappa shape index (κ2) is 9.37. The Kier molecular flexibility index (Phi) is 7.48. The molecule has 1 N–H and O–H groups in total. The third kappa shape index (κ3) is 7.59. The van der Waals surface area contributed by atoms with Crippen molar-refractivity contribution in [2.75, 3.05) is 6.54 Å². The Morgan fingerprint density at radius 2 is 1.96 bits per heavy atom. The predicted molar refractivity (Wildman–Crippen MR) is 102 cm³/mol. The summed E-state index contributed by atoms with van der Waals surface area (Å²) in [6.45, 7) is 6.41. The first-order valence-corrected chi connectivity index (χ1v) is 10.2. The highest BCUT2D eigenvalue weighted by Gasteiger charge is 2.27. The molecule has 5 heteroatoms. The van der Waals surface area contributed by atoms with E-state index in [4.69, 9.17) is 4.74 Å². The molecule has 1 aromatic rings. The topological polar surface area (TPSA) is 55.4 Å². The SMILES string of the molecule is CC(C)(C)OC(=O)CCC1CCC(C(=O)NCCc2cccs2)CC1. The number of ether oxygens (including phenoxy) is 1. The van der Waals surface area contributed by atoms with Crippen LogP contribution >= 0.6 is 11.3 Å². The molecular weight excluding hydrogens is 334 g/mol. The molecule has 1 amide bonds. The first-order valence-electron chi connectivity index (χ1n) is 9.35. The summed E-state index contributed by atoms with van der Waals surface area (Å²) >= 11 is 1.73. The van der Waals surface area contributed by atoms with Gasteiger partial charge in [-0.05, 0) is 76.7 Å². The number of hydrogen-bond donors (Lipinski definition) is 1. The van der Waals surface area contributed by atoms with Crippen LogP contribution in [0.5, 0.6) is 0 Å². The molecule has 1 aliphatic rings. The fourth-order valence-electron chi connectivity index (χ4n) is 3.34. The first kappa shape index (κ1) is 20.0. The van der Waals surface area contributed by atoms with Crippen LogP contribution in [0, 0.1) is 11.8 Å². The molecule has 25 heavy (non-hydrogen) atoms. The Morgan fingerprint density at radius 1 is 1.24 bits per heavy atom. The summed E-state index contributed by atoms with van der Waals surface area (Å²) in [5.41, 5.74) is -0.407. The summed E-state index contributed by atoms with van der Waals surface area (Å²) in [5.74, 6) is 0.770. The van der Waals surface area contributed by atoms with Gasteiger partial charge in [-0.1, -0.05) is 6.07 Å². The summed E-state index contributed by atoms with van der Waals surface area (Å²) in [4.78, 5) is 25.4. The number of thiophene rings is 1. The number of carbonyl (C=O) groups excluding carboxylic acids is 2. The van der Waals surface area contributed by atoms with E-state index in [0.717, 1.165) is 45.1 Å². The Balaban J connectivity index is 1.60. The molecule has 0 unspecified atom stereocenters. The van der Waals surface area contributed by atoms with E-state index in [2.05, 4.69) is 16.8 Å².